The van der Waals surface area contributed by atoms with Crippen LogP contribution >= 0.6 is 15.9 Å². The molecule has 0 spiro atoms. The molecule has 0 aromatic carbocycles. The SMILES string of the molecule is Cc1cc(N(C)C2CCCCC2N)ncc1Br. The molecule has 1 aliphatic rings. The Morgan fingerprint density at radius 1 is 1.41 bits per heavy atom. The van der Waals surface area contributed by atoms with Crippen molar-refractivity contribution in [3.63, 3.8) is 0 Å². The van der Waals surface area contributed by atoms with Crippen molar-refractivity contribution < 1.29 is 0 Å². The third kappa shape index (κ3) is 2.80. The first-order valence-corrected chi connectivity index (χ1v) is 6.99. The van der Waals surface area contributed by atoms with Crippen molar-refractivity contribution in [3.05, 3.63) is 22.3 Å². The van der Waals surface area contributed by atoms with Crippen molar-refractivity contribution in [3.8, 4) is 0 Å². The zero-order chi connectivity index (χ0) is 12.4. The Labute approximate surface area is 112 Å². The molecule has 1 saturated carbocycles. The number of aromatic nitrogens is 1. The van der Waals surface area contributed by atoms with E-state index < -0.39 is 0 Å². The van der Waals surface area contributed by atoms with Gasteiger partial charge in [-0.25, -0.2) is 4.98 Å². The second-order valence-electron chi connectivity index (χ2n) is 4.92. The lowest BCUT2D eigenvalue weighted by Gasteiger charge is -2.36. The van der Waals surface area contributed by atoms with Gasteiger partial charge in [0.1, 0.15) is 5.82 Å². The van der Waals surface area contributed by atoms with Gasteiger partial charge < -0.3 is 10.6 Å². The van der Waals surface area contributed by atoms with Crippen molar-refractivity contribution in [2.75, 3.05) is 11.9 Å². The van der Waals surface area contributed by atoms with E-state index in [9.17, 15) is 0 Å². The predicted octanol–water partition coefficient (Wildman–Crippen LogP) is 2.86. The van der Waals surface area contributed by atoms with Gasteiger partial charge in [0, 0.05) is 29.8 Å². The standard InChI is InChI=1S/C13H20BrN3/c1-9-7-13(16-8-10(9)14)17(2)12-6-4-3-5-11(12)15/h7-8,11-12H,3-6,15H2,1-2H3. The number of anilines is 1. The maximum absolute atomic E-state index is 6.21. The minimum atomic E-state index is 0.277. The van der Waals surface area contributed by atoms with Crippen LogP contribution < -0.4 is 10.6 Å². The summed E-state index contributed by atoms with van der Waals surface area (Å²) in [5.41, 5.74) is 7.42. The fourth-order valence-corrected chi connectivity index (χ4v) is 2.72. The van der Waals surface area contributed by atoms with E-state index in [4.69, 9.17) is 5.73 Å². The summed E-state index contributed by atoms with van der Waals surface area (Å²) < 4.78 is 1.06. The first-order valence-electron chi connectivity index (χ1n) is 6.20. The smallest absolute Gasteiger partial charge is 0.128 e. The number of halogens is 1. The number of hydrogen-bond acceptors (Lipinski definition) is 3. The van der Waals surface area contributed by atoms with E-state index in [0.717, 1.165) is 16.7 Å². The van der Waals surface area contributed by atoms with E-state index in [1.807, 2.05) is 6.20 Å². The Morgan fingerprint density at radius 3 is 2.76 bits per heavy atom. The first-order chi connectivity index (χ1) is 8.09. The molecule has 94 valence electrons. The number of likely N-dealkylation sites (N-methyl/N-ethyl adjacent to an activating group) is 1. The van der Waals surface area contributed by atoms with Gasteiger partial charge in [0.05, 0.1) is 0 Å². The van der Waals surface area contributed by atoms with E-state index in [0.29, 0.717) is 6.04 Å². The molecule has 2 N–H and O–H groups in total. The minimum Gasteiger partial charge on any atom is -0.355 e. The maximum Gasteiger partial charge on any atom is 0.128 e. The van der Waals surface area contributed by atoms with Crippen molar-refractivity contribution in [1.82, 2.24) is 4.98 Å². The third-order valence-electron chi connectivity index (χ3n) is 3.67. The summed E-state index contributed by atoms with van der Waals surface area (Å²) in [6.45, 7) is 2.09. The van der Waals surface area contributed by atoms with Crippen molar-refractivity contribution >= 4 is 21.7 Å². The van der Waals surface area contributed by atoms with E-state index in [-0.39, 0.29) is 6.04 Å². The van der Waals surface area contributed by atoms with Crippen LogP contribution in [0.5, 0.6) is 0 Å². The molecule has 0 amide bonds. The van der Waals surface area contributed by atoms with Crippen LogP contribution in [0, 0.1) is 6.92 Å². The highest BCUT2D eigenvalue weighted by Gasteiger charge is 2.26. The zero-order valence-electron chi connectivity index (χ0n) is 10.5. The second kappa shape index (κ2) is 5.36. The summed E-state index contributed by atoms with van der Waals surface area (Å²) in [4.78, 5) is 6.71. The monoisotopic (exact) mass is 297 g/mol. The maximum atomic E-state index is 6.21. The first kappa shape index (κ1) is 12.8. The third-order valence-corrected chi connectivity index (χ3v) is 4.50. The molecule has 2 atom stereocenters. The molecule has 0 aliphatic heterocycles. The fourth-order valence-electron chi connectivity index (χ4n) is 2.51. The van der Waals surface area contributed by atoms with Crippen LogP contribution in [0.4, 0.5) is 5.82 Å². The molecule has 17 heavy (non-hydrogen) atoms. The van der Waals surface area contributed by atoms with Crippen LogP contribution in [0.3, 0.4) is 0 Å². The minimum absolute atomic E-state index is 0.277. The van der Waals surface area contributed by atoms with Crippen LogP contribution in [0.25, 0.3) is 0 Å². The van der Waals surface area contributed by atoms with Crippen LogP contribution in [0.2, 0.25) is 0 Å². The van der Waals surface area contributed by atoms with E-state index in [1.54, 1.807) is 0 Å². The number of nitrogens with two attached hydrogens (primary N) is 1. The summed E-state index contributed by atoms with van der Waals surface area (Å²) in [5, 5.41) is 0. The van der Waals surface area contributed by atoms with Crippen molar-refractivity contribution in [2.45, 2.75) is 44.7 Å². The zero-order valence-corrected chi connectivity index (χ0v) is 12.1. The average molecular weight is 298 g/mol. The van der Waals surface area contributed by atoms with E-state index >= 15 is 0 Å². The lowest BCUT2D eigenvalue weighted by atomic mass is 9.90. The Morgan fingerprint density at radius 2 is 2.12 bits per heavy atom. The molecule has 0 bridgehead atoms. The summed E-state index contributed by atoms with van der Waals surface area (Å²) in [6.07, 6.45) is 6.71. The predicted molar refractivity (Wildman–Crippen MR) is 75.3 cm³/mol. The van der Waals surface area contributed by atoms with E-state index in [1.165, 1.54) is 24.8 Å². The van der Waals surface area contributed by atoms with Crippen LogP contribution in [-0.4, -0.2) is 24.1 Å². The molecule has 1 aromatic heterocycles. The van der Waals surface area contributed by atoms with Gasteiger partial charge in [0.25, 0.3) is 0 Å². The highest BCUT2D eigenvalue weighted by molar-refractivity contribution is 9.10. The van der Waals surface area contributed by atoms with Crippen LogP contribution in [-0.2, 0) is 0 Å². The largest absolute Gasteiger partial charge is 0.355 e. The molecule has 1 aromatic rings. The molecular weight excluding hydrogens is 278 g/mol. The average Bonchev–Trinajstić information content (AvgIpc) is 2.32. The topological polar surface area (TPSA) is 42.1 Å². The van der Waals surface area contributed by atoms with Crippen LogP contribution in [0.15, 0.2) is 16.7 Å². The molecule has 1 aliphatic carbocycles. The van der Waals surface area contributed by atoms with Gasteiger partial charge in [-0.05, 0) is 47.3 Å². The summed E-state index contributed by atoms with van der Waals surface area (Å²) in [7, 11) is 2.10. The number of aryl methyl sites for hydroxylation is 1. The molecule has 2 rings (SSSR count). The number of pyridine rings is 1. The Kier molecular flexibility index (Phi) is 4.05. The van der Waals surface area contributed by atoms with E-state index in [2.05, 4.69) is 45.9 Å². The van der Waals surface area contributed by atoms with Gasteiger partial charge in [0.2, 0.25) is 0 Å². The van der Waals surface area contributed by atoms with Gasteiger partial charge in [-0.15, -0.1) is 0 Å². The molecule has 1 heterocycles. The number of nitrogens with zero attached hydrogens (tertiary/aromatic N) is 2. The summed E-state index contributed by atoms with van der Waals surface area (Å²) in [6, 6.07) is 2.82. The Bertz CT molecular complexity index is 394. The molecule has 1 fully saturated rings. The van der Waals surface area contributed by atoms with Gasteiger partial charge >= 0.3 is 0 Å². The van der Waals surface area contributed by atoms with Gasteiger partial charge in [-0.2, -0.15) is 0 Å². The van der Waals surface area contributed by atoms with Crippen molar-refractivity contribution in [2.24, 2.45) is 5.73 Å². The second-order valence-corrected chi connectivity index (χ2v) is 5.77. The lowest BCUT2D eigenvalue weighted by molar-refractivity contribution is 0.372. The summed E-state index contributed by atoms with van der Waals surface area (Å²) >= 11 is 3.48. The Balaban J connectivity index is 2.17. The molecule has 3 nitrogen and oxygen atoms in total. The molecular formula is C13H20BrN3. The number of rotatable bonds is 2. The quantitative estimate of drug-likeness (QED) is 0.913. The molecule has 0 saturated heterocycles. The van der Waals surface area contributed by atoms with Crippen LogP contribution in [0.1, 0.15) is 31.2 Å². The highest BCUT2D eigenvalue weighted by Crippen LogP contribution is 2.26. The summed E-state index contributed by atoms with van der Waals surface area (Å²) in [5.74, 6) is 1.02. The normalized spacial score (nSPS) is 24.7. The number of hydrogen-bond donors (Lipinski definition) is 1. The van der Waals surface area contributed by atoms with Gasteiger partial charge in [0.15, 0.2) is 0 Å². The van der Waals surface area contributed by atoms with Gasteiger partial charge in [-0.1, -0.05) is 12.8 Å². The molecule has 0 radical (unpaired) electrons. The molecule has 2 unspecified atom stereocenters. The molecule has 4 heteroatoms. The fraction of sp³-hybridized carbons (Fsp3) is 0.615. The van der Waals surface area contributed by atoms with Gasteiger partial charge in [-0.3, -0.25) is 0 Å². The lowest BCUT2D eigenvalue weighted by Crippen LogP contribution is -2.48. The highest BCUT2D eigenvalue weighted by atomic mass is 79.9. The van der Waals surface area contributed by atoms with Crippen molar-refractivity contribution in [1.29, 1.82) is 0 Å². The Hall–Kier alpha value is -0.610.